The minimum atomic E-state index is -2.38. The van der Waals surface area contributed by atoms with Crippen LogP contribution in [0.4, 0.5) is 0 Å². The van der Waals surface area contributed by atoms with E-state index in [1.165, 1.54) is 4.70 Å². The van der Waals surface area contributed by atoms with Gasteiger partial charge in [-0.2, -0.15) is 0 Å². The summed E-state index contributed by atoms with van der Waals surface area (Å²) in [6, 6.07) is 9.14. The van der Waals surface area contributed by atoms with Gasteiger partial charge in [0.2, 0.25) is 0 Å². The molecule has 0 atom stereocenters. The Balaban J connectivity index is 1.51. The Morgan fingerprint density at radius 2 is 1.76 bits per heavy atom. The Bertz CT molecular complexity index is 586. The molecule has 140 valence electrons. The van der Waals surface area contributed by atoms with E-state index in [-0.39, 0.29) is 0 Å². The van der Waals surface area contributed by atoms with E-state index in [0.717, 1.165) is 34.5 Å². The number of aromatic nitrogens is 1. The fourth-order valence-corrected chi connectivity index (χ4v) is 14.0. The number of unbranched alkanes of at least 4 members (excludes halogenated alkanes) is 1. The predicted molar refractivity (Wildman–Crippen MR) is 122 cm³/mol. The molecule has 1 aromatic heterocycles. The first-order chi connectivity index (χ1) is 12.2. The SMILES string of the molecule is CO[Si](CCCCSSSSSc1nc2ccccc2s1)(OC)OC. The van der Waals surface area contributed by atoms with E-state index in [4.69, 9.17) is 13.3 Å². The number of thiazole rings is 1. The van der Waals surface area contributed by atoms with Gasteiger partial charge >= 0.3 is 8.80 Å². The second kappa shape index (κ2) is 12.4. The van der Waals surface area contributed by atoms with Crippen molar-refractivity contribution >= 4 is 81.4 Å². The van der Waals surface area contributed by atoms with Gasteiger partial charge in [-0.3, -0.25) is 0 Å². The average Bonchev–Trinajstić information content (AvgIpc) is 3.07. The lowest BCUT2D eigenvalue weighted by molar-refractivity contribution is 0.123. The Kier molecular flexibility index (Phi) is 11.1. The Hall–Kier alpha value is 0.957. The summed E-state index contributed by atoms with van der Waals surface area (Å²) in [4.78, 5) is 4.62. The van der Waals surface area contributed by atoms with E-state index in [9.17, 15) is 0 Å². The molecule has 0 fully saturated rings. The van der Waals surface area contributed by atoms with Gasteiger partial charge in [0.25, 0.3) is 0 Å². The van der Waals surface area contributed by atoms with Crippen LogP contribution in [-0.4, -0.2) is 40.9 Å². The highest BCUT2D eigenvalue weighted by atomic mass is 33.8. The predicted octanol–water partition coefficient (Wildman–Crippen LogP) is 6.64. The normalized spacial score (nSPS) is 12.1. The smallest absolute Gasteiger partial charge is 0.377 e. The quantitative estimate of drug-likeness (QED) is 0.181. The number of para-hydroxylation sites is 1. The molecule has 2 rings (SSSR count). The van der Waals surface area contributed by atoms with Crippen molar-refractivity contribution < 1.29 is 13.3 Å². The van der Waals surface area contributed by atoms with E-state index < -0.39 is 8.80 Å². The van der Waals surface area contributed by atoms with Gasteiger partial charge in [-0.05, 0) is 65.2 Å². The van der Waals surface area contributed by atoms with Crippen LogP contribution in [0.1, 0.15) is 12.8 Å². The molecule has 0 unspecified atom stereocenters. The van der Waals surface area contributed by atoms with Crippen LogP contribution >= 0.6 is 62.4 Å². The number of hydrogen-bond donors (Lipinski definition) is 0. The highest BCUT2D eigenvalue weighted by Crippen LogP contribution is 2.51. The standard InChI is InChI=1S/C14H21NO3S6Si/c1-16-25(17-2,18-3)11-7-6-10-19-22-24-23-21-14-15-12-8-4-5-9-13(12)20-14/h4-5,8-9H,6-7,10-11H2,1-3H3. The molecule has 0 bridgehead atoms. The van der Waals surface area contributed by atoms with Crippen molar-refractivity contribution in [2.24, 2.45) is 0 Å². The van der Waals surface area contributed by atoms with Gasteiger partial charge in [0.15, 0.2) is 4.34 Å². The van der Waals surface area contributed by atoms with Crippen molar-refractivity contribution in [2.45, 2.75) is 23.2 Å². The molecule has 0 spiro atoms. The van der Waals surface area contributed by atoms with Gasteiger partial charge in [0.05, 0.1) is 10.2 Å². The highest BCUT2D eigenvalue weighted by Gasteiger charge is 2.36. The maximum Gasteiger partial charge on any atom is 0.500 e. The van der Waals surface area contributed by atoms with E-state index in [0.29, 0.717) is 0 Å². The molecule has 0 amide bonds. The summed E-state index contributed by atoms with van der Waals surface area (Å²) in [5.41, 5.74) is 1.09. The lowest BCUT2D eigenvalue weighted by atomic mass is 10.3. The molecule has 0 saturated carbocycles. The molecule has 11 heteroatoms. The summed E-state index contributed by atoms with van der Waals surface area (Å²) in [6.45, 7) is 0. The van der Waals surface area contributed by atoms with E-state index in [1.807, 2.05) is 26.7 Å². The molecule has 1 aromatic carbocycles. The first-order valence-electron chi connectivity index (χ1n) is 7.53. The summed E-state index contributed by atoms with van der Waals surface area (Å²) in [5, 5.41) is 0. The molecular weight excluding hydrogens is 451 g/mol. The van der Waals surface area contributed by atoms with Crippen molar-refractivity contribution in [1.29, 1.82) is 0 Å². The van der Waals surface area contributed by atoms with Gasteiger partial charge in [-0.15, -0.1) is 11.3 Å². The Morgan fingerprint density at radius 3 is 2.48 bits per heavy atom. The van der Waals surface area contributed by atoms with E-state index >= 15 is 0 Å². The maximum absolute atomic E-state index is 5.43. The summed E-state index contributed by atoms with van der Waals surface area (Å²) < 4.78 is 18.6. The largest absolute Gasteiger partial charge is 0.500 e. The minimum absolute atomic E-state index is 0.872. The molecule has 4 nitrogen and oxygen atoms in total. The van der Waals surface area contributed by atoms with Crippen molar-refractivity contribution in [1.82, 2.24) is 4.98 Å². The number of hydrogen-bond acceptors (Lipinski definition) is 10. The number of fused-ring (bicyclic) bond motifs is 1. The second-order valence-electron chi connectivity index (χ2n) is 4.81. The molecule has 0 radical (unpaired) electrons. The van der Waals surface area contributed by atoms with Gasteiger partial charge < -0.3 is 13.3 Å². The summed E-state index contributed by atoms with van der Waals surface area (Å²) >= 11 is 1.75. The van der Waals surface area contributed by atoms with Crippen LogP contribution < -0.4 is 0 Å². The zero-order valence-corrected chi connectivity index (χ0v) is 20.2. The first-order valence-corrected chi connectivity index (χ1v) is 16.6. The van der Waals surface area contributed by atoms with Crippen LogP contribution in [0, 0.1) is 0 Å². The van der Waals surface area contributed by atoms with Crippen LogP contribution in [0.3, 0.4) is 0 Å². The minimum Gasteiger partial charge on any atom is -0.377 e. The zero-order valence-electron chi connectivity index (χ0n) is 14.3. The molecule has 0 aliphatic heterocycles. The number of rotatable bonds is 13. The summed E-state index contributed by atoms with van der Waals surface area (Å²) in [5.74, 6) is 1.12. The van der Waals surface area contributed by atoms with Gasteiger partial charge in [0.1, 0.15) is 0 Å². The van der Waals surface area contributed by atoms with Crippen molar-refractivity contribution in [3.05, 3.63) is 24.3 Å². The molecule has 0 saturated heterocycles. The lowest BCUT2D eigenvalue weighted by Gasteiger charge is -2.24. The van der Waals surface area contributed by atoms with Crippen LogP contribution in [-0.2, 0) is 13.3 Å². The highest BCUT2D eigenvalue weighted by molar-refractivity contribution is 9.35. The molecule has 25 heavy (non-hydrogen) atoms. The van der Waals surface area contributed by atoms with Gasteiger partial charge in [0, 0.05) is 33.1 Å². The van der Waals surface area contributed by atoms with Crippen LogP contribution in [0.2, 0.25) is 6.04 Å². The van der Waals surface area contributed by atoms with Crippen molar-refractivity contribution in [3.63, 3.8) is 0 Å². The van der Waals surface area contributed by atoms with Crippen molar-refractivity contribution in [3.8, 4) is 0 Å². The first kappa shape index (κ1) is 22.2. The van der Waals surface area contributed by atoms with Crippen molar-refractivity contribution in [2.75, 3.05) is 27.1 Å². The van der Waals surface area contributed by atoms with Gasteiger partial charge in [-0.1, -0.05) is 22.9 Å². The van der Waals surface area contributed by atoms with Crippen LogP contribution in [0.25, 0.3) is 10.2 Å². The van der Waals surface area contributed by atoms with E-state index in [1.54, 1.807) is 63.1 Å². The maximum atomic E-state index is 5.43. The van der Waals surface area contributed by atoms with Crippen LogP contribution in [0.5, 0.6) is 0 Å². The summed E-state index contributed by atoms with van der Waals surface area (Å²) in [6.07, 6.45) is 2.20. The Morgan fingerprint density at radius 1 is 1.00 bits per heavy atom. The molecule has 1 heterocycles. The number of benzene rings is 1. The molecule has 0 N–H and O–H groups in total. The number of nitrogens with zero attached hydrogens (tertiary/aromatic N) is 1. The second-order valence-corrected chi connectivity index (χ2v) is 16.9. The average molecular weight is 472 g/mol. The third-order valence-electron chi connectivity index (χ3n) is 3.38. The topological polar surface area (TPSA) is 40.6 Å². The Labute approximate surface area is 173 Å². The fourth-order valence-electron chi connectivity index (χ4n) is 2.05. The fraction of sp³-hybridized carbons (Fsp3) is 0.500. The third-order valence-corrected chi connectivity index (χ3v) is 16.1. The molecular formula is C14H21NO3S6Si. The lowest BCUT2D eigenvalue weighted by Crippen LogP contribution is -2.42. The molecule has 2 aromatic rings. The molecule has 0 aliphatic carbocycles. The molecule has 0 aliphatic rings. The van der Waals surface area contributed by atoms with Gasteiger partial charge in [-0.25, -0.2) is 4.98 Å². The monoisotopic (exact) mass is 471 g/mol. The summed E-state index contributed by atoms with van der Waals surface area (Å²) in [7, 11) is 11.6. The zero-order chi connectivity index (χ0) is 18.0. The van der Waals surface area contributed by atoms with Crippen LogP contribution in [0.15, 0.2) is 28.6 Å². The third kappa shape index (κ3) is 7.47. The van der Waals surface area contributed by atoms with E-state index in [2.05, 4.69) is 23.2 Å².